The summed E-state index contributed by atoms with van der Waals surface area (Å²) in [6, 6.07) is 19.1. The van der Waals surface area contributed by atoms with Crippen molar-refractivity contribution < 1.29 is 29.0 Å². The Balaban J connectivity index is 1.37. The van der Waals surface area contributed by atoms with Gasteiger partial charge in [-0.25, -0.2) is 4.98 Å². The lowest BCUT2D eigenvalue weighted by atomic mass is 10.00. The number of nitrogens with zero attached hydrogens (tertiary/aromatic N) is 6. The molecular formula is C37H48N8O6Si. The van der Waals surface area contributed by atoms with Crippen LogP contribution in [0.5, 0.6) is 5.75 Å². The minimum Gasteiger partial charge on any atom is -0.497 e. The van der Waals surface area contributed by atoms with E-state index in [0.29, 0.717) is 37.6 Å². The van der Waals surface area contributed by atoms with Crippen LogP contribution >= 0.6 is 0 Å². The number of methoxy groups -OCH3 is 1. The predicted molar refractivity (Wildman–Crippen MR) is 199 cm³/mol. The van der Waals surface area contributed by atoms with Crippen LogP contribution in [0.2, 0.25) is 25.7 Å². The Bertz CT molecular complexity index is 1840. The monoisotopic (exact) mass is 728 g/mol. The number of nitrogens with one attached hydrogen (secondary N) is 2. The highest BCUT2D eigenvalue weighted by atomic mass is 28.3. The number of anilines is 1. The van der Waals surface area contributed by atoms with Crippen LogP contribution in [0.15, 0.2) is 67.0 Å². The fourth-order valence-corrected chi connectivity index (χ4v) is 6.25. The van der Waals surface area contributed by atoms with Crippen LogP contribution in [0, 0.1) is 11.3 Å². The van der Waals surface area contributed by atoms with Gasteiger partial charge in [-0.3, -0.25) is 23.6 Å². The predicted octanol–water partition coefficient (Wildman–Crippen LogP) is 4.71. The number of ether oxygens (including phenoxy) is 2. The van der Waals surface area contributed by atoms with E-state index in [1.54, 1.807) is 36.3 Å². The molecule has 1 atom stereocenters. The van der Waals surface area contributed by atoms with Gasteiger partial charge in [-0.1, -0.05) is 50.0 Å². The zero-order valence-corrected chi connectivity index (χ0v) is 31.5. The Morgan fingerprint density at radius 3 is 2.52 bits per heavy atom. The van der Waals surface area contributed by atoms with Crippen LogP contribution in [0.3, 0.4) is 0 Å². The molecule has 276 valence electrons. The summed E-state index contributed by atoms with van der Waals surface area (Å²) < 4.78 is 14.8. The molecule has 15 heteroatoms. The van der Waals surface area contributed by atoms with Gasteiger partial charge in [-0.05, 0) is 47.9 Å². The molecule has 0 radical (unpaired) electrons. The van der Waals surface area contributed by atoms with Crippen LogP contribution < -0.4 is 20.3 Å². The third-order valence-corrected chi connectivity index (χ3v) is 10.0. The van der Waals surface area contributed by atoms with Crippen molar-refractivity contribution in [3.8, 4) is 23.1 Å². The van der Waals surface area contributed by atoms with E-state index in [1.165, 1.54) is 0 Å². The molecule has 0 unspecified atom stereocenters. The number of aryl methyl sites for hydroxylation is 1. The largest absolute Gasteiger partial charge is 0.497 e. The maximum absolute atomic E-state index is 12.9. The number of carbonyl (C=O) groups excluding carboxylic acids is 2. The van der Waals surface area contributed by atoms with Gasteiger partial charge in [0.05, 0.1) is 31.8 Å². The Hall–Kier alpha value is -5.46. The van der Waals surface area contributed by atoms with E-state index in [9.17, 15) is 24.8 Å². The van der Waals surface area contributed by atoms with Crippen molar-refractivity contribution in [3.63, 3.8) is 0 Å². The highest BCUT2D eigenvalue weighted by molar-refractivity contribution is 6.76. The second-order valence-corrected chi connectivity index (χ2v) is 19.3. The lowest BCUT2D eigenvalue weighted by Crippen LogP contribution is -2.39. The molecule has 0 aliphatic carbocycles. The molecule has 14 nitrogen and oxygen atoms in total. The van der Waals surface area contributed by atoms with Gasteiger partial charge in [0, 0.05) is 59.2 Å². The van der Waals surface area contributed by atoms with Gasteiger partial charge in [-0.15, -0.1) is 0 Å². The summed E-state index contributed by atoms with van der Waals surface area (Å²) in [5, 5.41) is 28.8. The zero-order chi connectivity index (χ0) is 37.7. The van der Waals surface area contributed by atoms with Crippen LogP contribution in [-0.2, 0) is 39.4 Å². The summed E-state index contributed by atoms with van der Waals surface area (Å²) in [7, 11) is 2.13. The van der Waals surface area contributed by atoms with Gasteiger partial charge in [0.1, 0.15) is 18.5 Å². The molecule has 52 heavy (non-hydrogen) atoms. The molecule has 0 bridgehead atoms. The number of aromatic nitrogens is 4. The minimum absolute atomic E-state index is 0.121. The zero-order valence-electron chi connectivity index (χ0n) is 30.5. The number of hydrogen-bond donors (Lipinski definition) is 3. The smallest absolute Gasteiger partial charge is 0.305 e. The number of carbonyl (C=O) groups is 3. The second kappa shape index (κ2) is 18.7. The molecular weight excluding hydrogens is 681 g/mol. The number of nitriles is 1. The van der Waals surface area contributed by atoms with E-state index in [-0.39, 0.29) is 37.7 Å². The number of aliphatic carboxylic acids is 1. The molecule has 2 amide bonds. The summed E-state index contributed by atoms with van der Waals surface area (Å²) in [5.41, 5.74) is 3.54. The third kappa shape index (κ3) is 12.1. The highest BCUT2D eigenvalue weighted by Gasteiger charge is 2.21. The molecule has 0 saturated heterocycles. The standard InChI is InChI=1S/C37H48N8O6Si/c1-43-33(15-16-40-43)29-9-6-8-28(20-29)32(21-36(48)49)42-35(47)23-39-34(46)10-7-17-44(24-27-11-13-31(50-2)14-12-27)37-41-30(22-38)25-45(37)26-51-18-19-52(3,4)5/h6,8-9,11-16,20,25,32H,7,10,17-19,21,23-24,26H2,1-5H3,(H,39,46)(H,42,47)(H,48,49)/t32-/m0/s1. The Labute approximate surface area is 305 Å². The molecule has 0 aliphatic rings. The number of amides is 2. The fraction of sp³-hybridized carbons (Fsp3) is 0.405. The number of hydrogen-bond acceptors (Lipinski definition) is 9. The van der Waals surface area contributed by atoms with Crippen LogP contribution in [0.1, 0.15) is 42.1 Å². The van der Waals surface area contributed by atoms with E-state index in [0.717, 1.165) is 28.6 Å². The van der Waals surface area contributed by atoms with Crippen molar-refractivity contribution >= 4 is 31.8 Å². The molecule has 4 rings (SSSR count). The maximum Gasteiger partial charge on any atom is 0.305 e. The molecule has 0 saturated carbocycles. The summed E-state index contributed by atoms with van der Waals surface area (Å²) in [4.78, 5) is 44.1. The van der Waals surface area contributed by atoms with Crippen molar-refractivity contribution in [2.75, 3.05) is 31.7 Å². The molecule has 2 aromatic carbocycles. The van der Waals surface area contributed by atoms with Crippen LogP contribution in [-0.4, -0.2) is 77.1 Å². The normalized spacial score (nSPS) is 11.8. The van der Waals surface area contributed by atoms with Gasteiger partial charge >= 0.3 is 5.97 Å². The molecule has 0 fully saturated rings. The van der Waals surface area contributed by atoms with E-state index in [4.69, 9.17) is 9.47 Å². The summed E-state index contributed by atoms with van der Waals surface area (Å²) >= 11 is 0. The third-order valence-electron chi connectivity index (χ3n) is 8.31. The first-order valence-electron chi connectivity index (χ1n) is 17.1. The van der Waals surface area contributed by atoms with Crippen molar-refractivity contribution in [3.05, 3.63) is 83.8 Å². The number of carboxylic acids is 1. The average molecular weight is 729 g/mol. The van der Waals surface area contributed by atoms with Crippen molar-refractivity contribution in [2.45, 2.75) is 64.3 Å². The Morgan fingerprint density at radius 2 is 1.87 bits per heavy atom. The molecule has 4 aromatic rings. The molecule has 2 heterocycles. The number of imidazole rings is 1. The van der Waals surface area contributed by atoms with E-state index < -0.39 is 26.0 Å². The van der Waals surface area contributed by atoms with Gasteiger partial charge < -0.3 is 30.1 Å². The first kappa shape index (κ1) is 39.3. The number of carboxylic acid groups (broad SMARTS) is 1. The van der Waals surface area contributed by atoms with Crippen molar-refractivity contribution in [1.29, 1.82) is 5.26 Å². The SMILES string of the molecule is COc1ccc(CN(CCCC(=O)NCC(=O)N[C@@H](CC(=O)O)c2cccc(-c3ccnn3C)c2)c2nc(C#N)cn2COCC[Si](C)(C)C)cc1. The summed E-state index contributed by atoms with van der Waals surface area (Å²) in [6.45, 7) is 8.27. The first-order chi connectivity index (χ1) is 24.8. The minimum atomic E-state index is -1.29. The van der Waals surface area contributed by atoms with E-state index in [1.807, 2.05) is 59.0 Å². The van der Waals surface area contributed by atoms with Gasteiger partial charge in [0.15, 0.2) is 5.69 Å². The lowest BCUT2D eigenvalue weighted by molar-refractivity contribution is -0.138. The summed E-state index contributed by atoms with van der Waals surface area (Å²) in [6.07, 6.45) is 3.56. The topological polar surface area (TPSA) is 177 Å². The van der Waals surface area contributed by atoms with Crippen molar-refractivity contribution in [1.82, 2.24) is 30.0 Å². The lowest BCUT2D eigenvalue weighted by Gasteiger charge is -2.25. The number of rotatable bonds is 20. The Kier molecular flexibility index (Phi) is 14.1. The van der Waals surface area contributed by atoms with E-state index >= 15 is 0 Å². The van der Waals surface area contributed by atoms with Gasteiger partial charge in [0.25, 0.3) is 0 Å². The quantitative estimate of drug-likeness (QED) is 0.0854. The first-order valence-corrected chi connectivity index (χ1v) is 20.8. The highest BCUT2D eigenvalue weighted by Crippen LogP contribution is 2.25. The van der Waals surface area contributed by atoms with Crippen molar-refractivity contribution in [2.24, 2.45) is 7.05 Å². The molecule has 3 N–H and O–H groups in total. The van der Waals surface area contributed by atoms with Crippen LogP contribution in [0.4, 0.5) is 5.95 Å². The molecule has 0 spiro atoms. The van der Waals surface area contributed by atoms with Gasteiger partial charge in [0.2, 0.25) is 17.8 Å². The average Bonchev–Trinajstić information content (AvgIpc) is 3.74. The Morgan fingerprint density at radius 1 is 1.10 bits per heavy atom. The summed E-state index contributed by atoms with van der Waals surface area (Å²) in [5.74, 6) is -0.625. The maximum atomic E-state index is 12.9. The number of benzene rings is 2. The second-order valence-electron chi connectivity index (χ2n) is 13.7. The van der Waals surface area contributed by atoms with E-state index in [2.05, 4.69) is 46.4 Å². The fourth-order valence-electron chi connectivity index (χ4n) is 5.49. The molecule has 0 aliphatic heterocycles. The molecule has 2 aromatic heterocycles. The van der Waals surface area contributed by atoms with Gasteiger partial charge in [-0.2, -0.15) is 10.4 Å². The van der Waals surface area contributed by atoms with Crippen LogP contribution in [0.25, 0.3) is 11.3 Å².